The first-order chi connectivity index (χ1) is 18.3. The molecule has 2 aliphatic heterocycles. The van der Waals surface area contributed by atoms with Gasteiger partial charge in [-0.2, -0.15) is 0 Å². The van der Waals surface area contributed by atoms with E-state index in [4.69, 9.17) is 18.6 Å². The van der Waals surface area contributed by atoms with Crippen molar-refractivity contribution in [3.63, 3.8) is 0 Å². The lowest BCUT2D eigenvalue weighted by Gasteiger charge is -2.51. The maximum absolute atomic E-state index is 11.5. The molecule has 198 valence electrons. The molecule has 0 aromatic heterocycles. The maximum atomic E-state index is 11.5. The van der Waals surface area contributed by atoms with Crippen molar-refractivity contribution in [3.8, 4) is 0 Å². The fraction of sp³-hybridized carbons (Fsp3) is 0.379. The van der Waals surface area contributed by atoms with E-state index in [9.17, 15) is 10.6 Å². The van der Waals surface area contributed by atoms with Crippen LogP contribution in [0.2, 0.25) is 5.04 Å². The van der Waals surface area contributed by atoms with Crippen LogP contribution in [0.1, 0.15) is 32.6 Å². The second kappa shape index (κ2) is 11.0. The first-order valence-electron chi connectivity index (χ1n) is 12.8. The Labute approximate surface area is 223 Å². The average molecular weight is 532 g/mol. The number of aliphatic hydroxyl groups excluding tert-OH is 1. The number of nitrogens with zero attached hydrogens (tertiary/aromatic N) is 3. The Bertz CT molecular complexity index is 1210. The number of rotatable bonds is 6. The molecule has 2 heterocycles. The maximum Gasteiger partial charge on any atom is 0.264 e. The zero-order valence-electron chi connectivity index (χ0n) is 21.8. The van der Waals surface area contributed by atoms with Crippen molar-refractivity contribution in [2.75, 3.05) is 6.61 Å². The van der Waals surface area contributed by atoms with Crippen LogP contribution in [0, 0.1) is 0 Å². The molecule has 2 fully saturated rings. The fourth-order valence-electron chi connectivity index (χ4n) is 5.50. The SMILES string of the molecule is CC(C)(C)[Si](O[C@@H]1O[C@@H]2COC(c3ccccc3)O[C@H]2[C@H](O)[C@H]1N=[N+]=[N-])(c1ccccc1)c1ccccc1. The summed E-state index contributed by atoms with van der Waals surface area (Å²) in [5.41, 5.74) is 10.3. The number of azide groups is 1. The summed E-state index contributed by atoms with van der Waals surface area (Å²) >= 11 is 0. The third-order valence-corrected chi connectivity index (χ3v) is 12.3. The minimum atomic E-state index is -3.06. The van der Waals surface area contributed by atoms with Gasteiger partial charge in [0.15, 0.2) is 12.6 Å². The van der Waals surface area contributed by atoms with Gasteiger partial charge in [-0.25, -0.2) is 0 Å². The highest BCUT2D eigenvalue weighted by Crippen LogP contribution is 2.41. The highest BCUT2D eigenvalue weighted by Gasteiger charge is 2.56. The molecule has 38 heavy (non-hydrogen) atoms. The molecule has 0 radical (unpaired) electrons. The molecule has 2 saturated heterocycles. The average Bonchev–Trinajstić information content (AvgIpc) is 2.94. The summed E-state index contributed by atoms with van der Waals surface area (Å²) in [6.45, 7) is 6.66. The van der Waals surface area contributed by atoms with Gasteiger partial charge in [-0.05, 0) is 20.9 Å². The zero-order chi connectivity index (χ0) is 26.8. The number of hydrogen-bond donors (Lipinski definition) is 1. The van der Waals surface area contributed by atoms with Gasteiger partial charge in [0.2, 0.25) is 0 Å². The first-order valence-corrected chi connectivity index (χ1v) is 14.7. The summed E-state index contributed by atoms with van der Waals surface area (Å²) in [6, 6.07) is 28.8. The molecule has 5 rings (SSSR count). The monoisotopic (exact) mass is 531 g/mol. The smallest absolute Gasteiger partial charge is 0.264 e. The summed E-state index contributed by atoms with van der Waals surface area (Å²) in [7, 11) is -3.06. The number of ether oxygens (including phenoxy) is 3. The molecule has 1 unspecified atom stereocenters. The Morgan fingerprint density at radius 1 is 0.895 bits per heavy atom. The van der Waals surface area contributed by atoms with Gasteiger partial charge in [0.05, 0.1) is 12.7 Å². The topological polar surface area (TPSA) is 106 Å². The van der Waals surface area contributed by atoms with E-state index in [2.05, 4.69) is 55.1 Å². The van der Waals surface area contributed by atoms with E-state index in [0.717, 1.165) is 15.9 Å². The molecule has 3 aromatic carbocycles. The van der Waals surface area contributed by atoms with Gasteiger partial charge in [-0.3, -0.25) is 0 Å². The number of aliphatic hydroxyl groups is 1. The predicted octanol–water partition coefficient (Wildman–Crippen LogP) is 4.44. The first kappa shape index (κ1) is 26.6. The van der Waals surface area contributed by atoms with Crippen molar-refractivity contribution < 1.29 is 23.7 Å². The summed E-state index contributed by atoms with van der Waals surface area (Å²) in [4.78, 5) is 3.05. The Kier molecular flexibility index (Phi) is 7.70. The summed E-state index contributed by atoms with van der Waals surface area (Å²) in [5.74, 6) is 0. The summed E-state index contributed by atoms with van der Waals surface area (Å²) in [5, 5.41) is 17.2. The van der Waals surface area contributed by atoms with Gasteiger partial charge in [-0.15, -0.1) is 0 Å². The van der Waals surface area contributed by atoms with Gasteiger partial charge in [0.1, 0.15) is 18.2 Å². The molecular weight excluding hydrogens is 498 g/mol. The van der Waals surface area contributed by atoms with Crippen LogP contribution in [0.25, 0.3) is 10.4 Å². The Hall–Kier alpha value is -3.01. The van der Waals surface area contributed by atoms with Gasteiger partial charge in [-0.1, -0.05) is 117 Å². The molecule has 9 heteroatoms. The summed E-state index contributed by atoms with van der Waals surface area (Å²) < 4.78 is 25.7. The fourth-order valence-corrected chi connectivity index (χ4v) is 10.1. The Morgan fingerprint density at radius 2 is 1.45 bits per heavy atom. The lowest BCUT2D eigenvalue weighted by atomic mass is 9.96. The third kappa shape index (κ3) is 4.90. The number of hydrogen-bond acceptors (Lipinski definition) is 6. The van der Waals surface area contributed by atoms with Crippen molar-refractivity contribution in [1.29, 1.82) is 0 Å². The quantitative estimate of drug-likeness (QED) is 0.219. The molecule has 2 aliphatic rings. The van der Waals surface area contributed by atoms with Crippen LogP contribution in [-0.4, -0.2) is 50.7 Å². The minimum Gasteiger partial charge on any atom is -0.390 e. The van der Waals surface area contributed by atoms with E-state index >= 15 is 0 Å². The standard InChI is InChI=1S/C29H33N3O5Si/c1-29(2,3)38(21-15-9-5-10-16-21,22-17-11-6-12-18-22)37-28-24(31-32-30)25(33)26-23(35-28)19-34-27(36-26)20-13-7-4-8-14-20/h4-18,23-28,33H,19H2,1-3H3/t23-,24-,25-,26-,27?,28+/m1/s1. The summed E-state index contributed by atoms with van der Waals surface area (Å²) in [6.07, 6.45) is -4.16. The molecule has 0 aliphatic carbocycles. The van der Waals surface area contributed by atoms with E-state index in [-0.39, 0.29) is 11.6 Å². The second-order valence-electron chi connectivity index (χ2n) is 10.7. The molecular formula is C29H33N3O5Si. The largest absolute Gasteiger partial charge is 0.390 e. The van der Waals surface area contributed by atoms with E-state index in [1.807, 2.05) is 66.7 Å². The molecule has 0 spiro atoms. The molecule has 8 nitrogen and oxygen atoms in total. The molecule has 6 atom stereocenters. The van der Waals surface area contributed by atoms with Crippen molar-refractivity contribution in [2.45, 2.75) is 62.7 Å². The van der Waals surface area contributed by atoms with Crippen LogP contribution in [0.15, 0.2) is 96.1 Å². The Balaban J connectivity index is 1.53. The highest BCUT2D eigenvalue weighted by molar-refractivity contribution is 6.99. The van der Waals surface area contributed by atoms with Crippen LogP contribution >= 0.6 is 0 Å². The molecule has 3 aromatic rings. The molecule has 0 bridgehead atoms. The molecule has 0 saturated carbocycles. The van der Waals surface area contributed by atoms with Crippen LogP contribution in [-0.2, 0) is 18.6 Å². The second-order valence-corrected chi connectivity index (χ2v) is 14.9. The van der Waals surface area contributed by atoms with Crippen molar-refractivity contribution >= 4 is 18.7 Å². The van der Waals surface area contributed by atoms with Gasteiger partial charge < -0.3 is 23.7 Å². The van der Waals surface area contributed by atoms with Crippen LogP contribution in [0.3, 0.4) is 0 Å². The van der Waals surface area contributed by atoms with Gasteiger partial charge >= 0.3 is 0 Å². The van der Waals surface area contributed by atoms with Crippen molar-refractivity contribution in [2.24, 2.45) is 5.11 Å². The highest BCUT2D eigenvalue weighted by atomic mass is 28.4. The van der Waals surface area contributed by atoms with Gasteiger partial charge in [0, 0.05) is 10.5 Å². The number of benzene rings is 3. The lowest BCUT2D eigenvalue weighted by molar-refractivity contribution is -0.332. The van der Waals surface area contributed by atoms with Crippen LogP contribution in [0.5, 0.6) is 0 Å². The Morgan fingerprint density at radius 3 is 1.97 bits per heavy atom. The normalized spacial score (nSPS) is 27.7. The zero-order valence-corrected chi connectivity index (χ0v) is 22.8. The third-order valence-electron chi connectivity index (χ3n) is 7.30. The van der Waals surface area contributed by atoms with Gasteiger partial charge in [0.25, 0.3) is 8.32 Å². The minimum absolute atomic E-state index is 0.199. The molecule has 1 N–H and O–H groups in total. The van der Waals surface area contributed by atoms with E-state index < -0.39 is 45.3 Å². The van der Waals surface area contributed by atoms with Crippen LogP contribution in [0.4, 0.5) is 0 Å². The predicted molar refractivity (Wildman–Crippen MR) is 146 cm³/mol. The van der Waals surface area contributed by atoms with Crippen molar-refractivity contribution in [3.05, 3.63) is 107 Å². The van der Waals surface area contributed by atoms with E-state index in [1.54, 1.807) is 0 Å². The van der Waals surface area contributed by atoms with E-state index in [0.29, 0.717) is 0 Å². The lowest BCUT2D eigenvalue weighted by Crippen LogP contribution is -2.71. The van der Waals surface area contributed by atoms with E-state index in [1.165, 1.54) is 0 Å². The number of fused-ring (bicyclic) bond motifs is 1. The molecule has 0 amide bonds. The van der Waals surface area contributed by atoms with Crippen LogP contribution < -0.4 is 10.4 Å². The van der Waals surface area contributed by atoms with Crippen molar-refractivity contribution in [1.82, 2.24) is 0 Å².